The molecule has 1 aliphatic rings. The Morgan fingerprint density at radius 2 is 1.26 bits per heavy atom. The van der Waals surface area contributed by atoms with Gasteiger partial charge in [0.05, 0.1) is 38.2 Å². The molecule has 6 rings (SSSR count). The molecular formula is C30H24O9. The number of hydrogen-bond donors (Lipinski definition) is 4. The van der Waals surface area contributed by atoms with Gasteiger partial charge < -0.3 is 29.9 Å². The van der Waals surface area contributed by atoms with E-state index in [0.717, 1.165) is 0 Å². The molecule has 0 fully saturated rings. The van der Waals surface area contributed by atoms with Crippen LogP contribution < -0.4 is 20.3 Å². The van der Waals surface area contributed by atoms with Gasteiger partial charge in [-0.25, -0.2) is 0 Å². The van der Waals surface area contributed by atoms with Gasteiger partial charge in [0.2, 0.25) is 10.9 Å². The average molecular weight is 529 g/mol. The number of aliphatic hydroxyl groups is 2. The standard InChI is InChI=1S/C30H24O9/c1-10-5-14-20-23-18(12(8-31)6-15(34)21(23)27(36)29(14)38-3)19-13(9-32)7-16(35)22-24(19)25(20)26(17(10)11(2)33)30(39-4)28(22)37/h6-7,31-32,34-35H,5,8-9H2,1-4H3. The van der Waals surface area contributed by atoms with Crippen LogP contribution in [0.3, 0.4) is 0 Å². The summed E-state index contributed by atoms with van der Waals surface area (Å²) in [5.41, 5.74) is 0.686. The summed E-state index contributed by atoms with van der Waals surface area (Å²) in [5, 5.41) is 44.7. The first kappa shape index (κ1) is 24.8. The lowest BCUT2D eigenvalue weighted by Gasteiger charge is -2.23. The molecule has 0 aliphatic heterocycles. The van der Waals surface area contributed by atoms with E-state index < -0.39 is 29.8 Å². The van der Waals surface area contributed by atoms with Crippen LogP contribution in [0.25, 0.3) is 48.7 Å². The van der Waals surface area contributed by atoms with Crippen LogP contribution >= 0.6 is 0 Å². The lowest BCUT2D eigenvalue weighted by molar-refractivity contribution is -0.111. The number of aromatic hydroxyl groups is 2. The number of phenolic OH excluding ortho intramolecular Hbond substituents is 2. The maximum Gasteiger partial charge on any atom is 0.232 e. The summed E-state index contributed by atoms with van der Waals surface area (Å²) in [6, 6.07) is 2.54. The molecule has 5 aromatic rings. The second-order valence-electron chi connectivity index (χ2n) is 9.89. The van der Waals surface area contributed by atoms with Crippen molar-refractivity contribution in [3.8, 4) is 23.0 Å². The number of benzene rings is 5. The van der Waals surface area contributed by atoms with E-state index in [-0.39, 0.29) is 67.9 Å². The molecular weight excluding hydrogens is 504 g/mol. The van der Waals surface area contributed by atoms with Crippen molar-refractivity contribution in [3.05, 3.63) is 60.4 Å². The third-order valence-electron chi connectivity index (χ3n) is 7.92. The van der Waals surface area contributed by atoms with Gasteiger partial charge in [-0.2, -0.15) is 0 Å². The third-order valence-corrected chi connectivity index (χ3v) is 7.92. The van der Waals surface area contributed by atoms with Gasteiger partial charge in [0.1, 0.15) is 11.5 Å². The summed E-state index contributed by atoms with van der Waals surface area (Å²) in [6.07, 6.45) is 0.108. The highest BCUT2D eigenvalue weighted by Crippen LogP contribution is 2.53. The third kappa shape index (κ3) is 2.88. The normalized spacial score (nSPS) is 13.4. The highest BCUT2D eigenvalue weighted by molar-refractivity contribution is 6.40. The van der Waals surface area contributed by atoms with E-state index in [9.17, 15) is 34.8 Å². The molecule has 198 valence electrons. The first-order valence-corrected chi connectivity index (χ1v) is 12.2. The smallest absolute Gasteiger partial charge is 0.232 e. The zero-order valence-corrected chi connectivity index (χ0v) is 21.6. The molecule has 0 heterocycles. The Kier molecular flexibility index (Phi) is 5.26. The molecule has 0 aromatic heterocycles. The van der Waals surface area contributed by atoms with Crippen molar-refractivity contribution >= 4 is 54.4 Å². The topological polar surface area (TPSA) is 151 Å². The summed E-state index contributed by atoms with van der Waals surface area (Å²) in [6.45, 7) is 2.02. The lowest BCUT2D eigenvalue weighted by atomic mass is 9.81. The fourth-order valence-corrected chi connectivity index (χ4v) is 6.59. The molecule has 1 aliphatic carbocycles. The van der Waals surface area contributed by atoms with Crippen molar-refractivity contribution in [2.75, 3.05) is 14.2 Å². The largest absolute Gasteiger partial charge is 0.507 e. The number of allylic oxidation sites excluding steroid dienone is 2. The quantitative estimate of drug-likeness (QED) is 0.199. The van der Waals surface area contributed by atoms with E-state index in [4.69, 9.17) is 9.47 Å². The van der Waals surface area contributed by atoms with Gasteiger partial charge in [0.15, 0.2) is 17.3 Å². The molecule has 0 saturated carbocycles. The monoisotopic (exact) mass is 528 g/mol. The first-order chi connectivity index (χ1) is 18.6. The van der Waals surface area contributed by atoms with Crippen LogP contribution in [0.5, 0.6) is 23.0 Å². The molecule has 9 heteroatoms. The molecule has 9 nitrogen and oxygen atoms in total. The highest BCUT2D eigenvalue weighted by atomic mass is 16.5. The summed E-state index contributed by atoms with van der Waals surface area (Å²) in [5.74, 6) is -1.29. The van der Waals surface area contributed by atoms with Gasteiger partial charge in [-0.05, 0) is 59.7 Å². The fraction of sp³-hybridized carbons (Fsp3) is 0.233. The number of rotatable bonds is 5. The number of aliphatic hydroxyl groups excluding tert-OH is 2. The van der Waals surface area contributed by atoms with Crippen molar-refractivity contribution in [2.45, 2.75) is 33.5 Å². The zero-order valence-electron chi connectivity index (χ0n) is 21.6. The van der Waals surface area contributed by atoms with E-state index in [0.29, 0.717) is 38.1 Å². The highest BCUT2D eigenvalue weighted by Gasteiger charge is 2.35. The van der Waals surface area contributed by atoms with Crippen molar-refractivity contribution in [3.63, 3.8) is 0 Å². The van der Waals surface area contributed by atoms with Crippen molar-refractivity contribution in [1.82, 2.24) is 0 Å². The van der Waals surface area contributed by atoms with Crippen molar-refractivity contribution in [1.29, 1.82) is 0 Å². The number of Topliss-reactive ketones (excluding diaryl/α,β-unsaturated/α-hetero) is 1. The predicted molar refractivity (Wildman–Crippen MR) is 147 cm³/mol. The van der Waals surface area contributed by atoms with E-state index in [1.54, 1.807) is 6.92 Å². The predicted octanol–water partition coefficient (Wildman–Crippen LogP) is 3.23. The number of ether oxygens (including phenoxy) is 2. The summed E-state index contributed by atoms with van der Waals surface area (Å²) < 4.78 is 11.2. The Bertz CT molecular complexity index is 2070. The zero-order chi connectivity index (χ0) is 28.1. The molecule has 4 N–H and O–H groups in total. The number of carbonyl (C=O) groups excluding carboxylic acids is 1. The van der Waals surface area contributed by atoms with E-state index in [2.05, 4.69) is 0 Å². The maximum atomic E-state index is 13.9. The van der Waals surface area contributed by atoms with Gasteiger partial charge in [-0.3, -0.25) is 14.4 Å². The second-order valence-corrected chi connectivity index (χ2v) is 9.89. The molecule has 0 atom stereocenters. The van der Waals surface area contributed by atoms with Gasteiger partial charge >= 0.3 is 0 Å². The average Bonchev–Trinajstić information content (AvgIpc) is 3.02. The number of ketones is 1. The molecule has 5 aromatic carbocycles. The number of phenols is 2. The molecule has 0 saturated heterocycles. The first-order valence-electron chi connectivity index (χ1n) is 12.2. The Balaban J connectivity index is 2.21. The van der Waals surface area contributed by atoms with Gasteiger partial charge in [-0.15, -0.1) is 0 Å². The van der Waals surface area contributed by atoms with Crippen LogP contribution in [0.4, 0.5) is 0 Å². The number of methoxy groups -OCH3 is 2. The minimum Gasteiger partial charge on any atom is -0.507 e. The molecule has 0 radical (unpaired) electrons. The van der Waals surface area contributed by atoms with E-state index in [1.165, 1.54) is 33.3 Å². The Hall–Kier alpha value is -4.47. The maximum absolute atomic E-state index is 13.9. The number of hydrogen-bond acceptors (Lipinski definition) is 9. The fourth-order valence-electron chi connectivity index (χ4n) is 6.59. The summed E-state index contributed by atoms with van der Waals surface area (Å²) in [7, 11) is 2.64. The SMILES string of the molecule is COc1c2c3c4c(c(OC)c(=O)c5c(O)cc(CO)c(c6c(CO)cc(O)c(c1=O)c63)c54)C(C(C)=O)=C(C)C2. The molecule has 39 heavy (non-hydrogen) atoms. The van der Waals surface area contributed by atoms with Gasteiger partial charge in [0, 0.05) is 32.9 Å². The van der Waals surface area contributed by atoms with Crippen LogP contribution in [0.2, 0.25) is 0 Å². The van der Waals surface area contributed by atoms with E-state index >= 15 is 0 Å². The van der Waals surface area contributed by atoms with E-state index in [1.807, 2.05) is 0 Å². The van der Waals surface area contributed by atoms with Crippen molar-refractivity contribution < 1.29 is 34.7 Å². The van der Waals surface area contributed by atoms with Crippen LogP contribution in [-0.4, -0.2) is 40.4 Å². The minimum atomic E-state index is -0.652. The molecule has 0 spiro atoms. The van der Waals surface area contributed by atoms with Gasteiger partial charge in [-0.1, -0.05) is 5.57 Å². The summed E-state index contributed by atoms with van der Waals surface area (Å²) in [4.78, 5) is 40.9. The Morgan fingerprint density at radius 1 is 0.769 bits per heavy atom. The van der Waals surface area contributed by atoms with Crippen molar-refractivity contribution in [2.24, 2.45) is 0 Å². The second kappa shape index (κ2) is 8.26. The molecule has 0 unspecified atom stereocenters. The van der Waals surface area contributed by atoms with Crippen LogP contribution in [0.1, 0.15) is 36.1 Å². The van der Waals surface area contributed by atoms with Gasteiger partial charge in [0.25, 0.3) is 0 Å². The number of carbonyl (C=O) groups is 1. The number of fused-ring (bicyclic) bond motifs is 1. The lowest BCUT2D eigenvalue weighted by Crippen LogP contribution is -2.14. The Morgan fingerprint density at radius 3 is 1.72 bits per heavy atom. The Labute approximate surface area is 220 Å². The van der Waals surface area contributed by atoms with Crippen LogP contribution in [0.15, 0.2) is 27.3 Å². The molecule has 0 bridgehead atoms. The van der Waals surface area contributed by atoms with Crippen LogP contribution in [0, 0.1) is 0 Å². The summed E-state index contributed by atoms with van der Waals surface area (Å²) >= 11 is 0. The molecule has 0 amide bonds. The minimum absolute atomic E-state index is 0.0325. The van der Waals surface area contributed by atoms with Crippen LogP contribution in [-0.2, 0) is 24.4 Å².